The zero-order valence-corrected chi connectivity index (χ0v) is 13.9. The molecule has 3 rings (SSSR count). The van der Waals surface area contributed by atoms with Gasteiger partial charge in [-0.3, -0.25) is 4.98 Å². The van der Waals surface area contributed by atoms with Crippen molar-refractivity contribution < 1.29 is 12.8 Å². The number of pyridine rings is 1. The first-order valence-corrected chi connectivity index (χ1v) is 9.81. The fraction of sp³-hybridized carbons (Fsp3) is 0.389. The molecule has 1 aliphatic carbocycles. The fourth-order valence-electron chi connectivity index (χ4n) is 3.35. The molecule has 0 atom stereocenters. The molecule has 0 unspecified atom stereocenters. The molecule has 1 fully saturated rings. The number of hydrogen-bond donors (Lipinski definition) is 0. The third kappa shape index (κ3) is 3.44. The lowest BCUT2D eigenvalue weighted by atomic mass is 9.82. The molecule has 122 valence electrons. The lowest BCUT2D eigenvalue weighted by Crippen LogP contribution is -2.07. The maximum atomic E-state index is 14.2. The van der Waals surface area contributed by atoms with Crippen LogP contribution in [0.15, 0.2) is 41.4 Å². The van der Waals surface area contributed by atoms with Gasteiger partial charge in [0.25, 0.3) is 0 Å². The third-order valence-electron chi connectivity index (χ3n) is 4.49. The summed E-state index contributed by atoms with van der Waals surface area (Å²) in [5.41, 5.74) is 2.54. The summed E-state index contributed by atoms with van der Waals surface area (Å²) in [7, 11) is -3.56. The summed E-state index contributed by atoms with van der Waals surface area (Å²) < 4.78 is 37.3. The summed E-state index contributed by atoms with van der Waals surface area (Å²) in [5, 5.41) is 0. The average molecular weight is 333 g/mol. The molecule has 1 aromatic heterocycles. The first-order valence-electron chi connectivity index (χ1n) is 7.92. The number of rotatable bonds is 3. The van der Waals surface area contributed by atoms with Gasteiger partial charge >= 0.3 is 0 Å². The van der Waals surface area contributed by atoms with Crippen LogP contribution in [0.4, 0.5) is 4.39 Å². The second kappa shape index (κ2) is 6.40. The molecule has 2 aromatic rings. The third-order valence-corrected chi connectivity index (χ3v) is 5.62. The summed E-state index contributed by atoms with van der Waals surface area (Å²) >= 11 is 0. The van der Waals surface area contributed by atoms with E-state index in [2.05, 4.69) is 11.1 Å². The molecule has 0 bridgehead atoms. The predicted octanol–water partition coefficient (Wildman–Crippen LogP) is 4.34. The van der Waals surface area contributed by atoms with Crippen LogP contribution < -0.4 is 0 Å². The lowest BCUT2D eigenvalue weighted by molar-refractivity contribution is 0.443. The highest BCUT2D eigenvalue weighted by atomic mass is 32.2. The van der Waals surface area contributed by atoms with Crippen LogP contribution in [-0.2, 0) is 9.84 Å². The van der Waals surface area contributed by atoms with Crippen molar-refractivity contribution in [3.05, 3.63) is 47.9 Å². The zero-order valence-electron chi connectivity index (χ0n) is 13.1. The number of nitrogens with zero attached hydrogens (tertiary/aromatic N) is 1. The van der Waals surface area contributed by atoms with Gasteiger partial charge in [-0.15, -0.1) is 0 Å². The van der Waals surface area contributed by atoms with E-state index in [4.69, 9.17) is 0 Å². The summed E-state index contributed by atoms with van der Waals surface area (Å²) in [6, 6.07) is 8.23. The Hall–Kier alpha value is -1.75. The minimum absolute atomic E-state index is 0.267. The van der Waals surface area contributed by atoms with Gasteiger partial charge in [-0.05, 0) is 42.5 Å². The van der Waals surface area contributed by atoms with Crippen molar-refractivity contribution in [3.63, 3.8) is 0 Å². The molecule has 0 radical (unpaired) electrons. The van der Waals surface area contributed by atoms with Gasteiger partial charge in [0.05, 0.1) is 5.69 Å². The van der Waals surface area contributed by atoms with Gasteiger partial charge < -0.3 is 0 Å². The van der Waals surface area contributed by atoms with Crippen LogP contribution in [-0.4, -0.2) is 19.7 Å². The van der Waals surface area contributed by atoms with Crippen LogP contribution in [0.3, 0.4) is 0 Å². The Kier molecular flexibility index (Phi) is 4.48. The van der Waals surface area contributed by atoms with Crippen LogP contribution in [0, 0.1) is 5.82 Å². The summed E-state index contributed by atoms with van der Waals surface area (Å²) in [5.74, 6) is -0.268. The van der Waals surface area contributed by atoms with E-state index < -0.39 is 15.7 Å². The molecule has 0 aliphatic heterocycles. The van der Waals surface area contributed by atoms with E-state index in [0.29, 0.717) is 11.5 Å². The largest absolute Gasteiger partial charge is 0.256 e. The molecule has 0 spiro atoms. The molecule has 23 heavy (non-hydrogen) atoms. The van der Waals surface area contributed by atoms with Gasteiger partial charge in [-0.25, -0.2) is 12.8 Å². The Morgan fingerprint density at radius 1 is 1.13 bits per heavy atom. The summed E-state index contributed by atoms with van der Waals surface area (Å²) in [6.07, 6.45) is 8.65. The smallest absolute Gasteiger partial charge is 0.178 e. The van der Waals surface area contributed by atoms with Gasteiger partial charge in [-0.1, -0.05) is 31.4 Å². The SMILES string of the molecule is CS(=O)(=O)c1ccc(-c2ncccc2C2CCCCC2)cc1F. The van der Waals surface area contributed by atoms with E-state index in [9.17, 15) is 12.8 Å². The molecule has 0 amide bonds. The van der Waals surface area contributed by atoms with Gasteiger partial charge in [0.1, 0.15) is 10.7 Å². The van der Waals surface area contributed by atoms with E-state index in [1.54, 1.807) is 12.3 Å². The van der Waals surface area contributed by atoms with E-state index in [1.165, 1.54) is 31.4 Å². The van der Waals surface area contributed by atoms with E-state index >= 15 is 0 Å². The number of sulfone groups is 1. The molecule has 5 heteroatoms. The van der Waals surface area contributed by atoms with Crippen molar-refractivity contribution in [1.29, 1.82) is 0 Å². The van der Waals surface area contributed by atoms with Gasteiger partial charge in [-0.2, -0.15) is 0 Å². The van der Waals surface area contributed by atoms with E-state index in [0.717, 1.165) is 30.4 Å². The maximum Gasteiger partial charge on any atom is 0.178 e. The molecule has 0 saturated heterocycles. The van der Waals surface area contributed by atoms with E-state index in [1.807, 2.05) is 6.07 Å². The highest BCUT2D eigenvalue weighted by Crippen LogP contribution is 2.37. The second-order valence-electron chi connectivity index (χ2n) is 6.19. The van der Waals surface area contributed by atoms with Gasteiger partial charge in [0, 0.05) is 18.0 Å². The standard InChI is InChI=1S/C18H20FNO2S/c1-23(21,22)17-10-9-14(12-16(17)19)18-15(8-5-11-20-18)13-6-3-2-4-7-13/h5,8-13H,2-4,6-7H2,1H3. The minimum Gasteiger partial charge on any atom is -0.256 e. The van der Waals surface area contributed by atoms with Crippen molar-refractivity contribution in [2.45, 2.75) is 42.9 Å². The molecule has 1 heterocycles. The molecular weight excluding hydrogens is 313 g/mol. The molecule has 1 saturated carbocycles. The number of hydrogen-bond acceptors (Lipinski definition) is 3. The van der Waals surface area contributed by atoms with Crippen LogP contribution in [0.25, 0.3) is 11.3 Å². The van der Waals surface area contributed by atoms with Crippen molar-refractivity contribution in [2.24, 2.45) is 0 Å². The van der Waals surface area contributed by atoms with Crippen LogP contribution in [0.2, 0.25) is 0 Å². The van der Waals surface area contributed by atoms with Gasteiger partial charge in [0.15, 0.2) is 9.84 Å². The Labute approximate surface area is 136 Å². The number of aromatic nitrogens is 1. The first-order chi connectivity index (χ1) is 11.0. The minimum atomic E-state index is -3.56. The Balaban J connectivity index is 2.04. The van der Waals surface area contributed by atoms with Crippen molar-refractivity contribution in [2.75, 3.05) is 6.26 Å². The van der Waals surface area contributed by atoms with Crippen molar-refractivity contribution >= 4 is 9.84 Å². The molecule has 0 N–H and O–H groups in total. The van der Waals surface area contributed by atoms with Crippen molar-refractivity contribution in [1.82, 2.24) is 4.98 Å². The fourth-order valence-corrected chi connectivity index (χ4v) is 4.08. The highest BCUT2D eigenvalue weighted by Gasteiger charge is 2.21. The lowest BCUT2D eigenvalue weighted by Gasteiger charge is -2.23. The molecule has 1 aromatic carbocycles. The first kappa shape index (κ1) is 16.1. The Morgan fingerprint density at radius 2 is 1.87 bits per heavy atom. The summed E-state index contributed by atoms with van der Waals surface area (Å²) in [4.78, 5) is 4.17. The summed E-state index contributed by atoms with van der Waals surface area (Å²) in [6.45, 7) is 0. The van der Waals surface area contributed by atoms with Crippen molar-refractivity contribution in [3.8, 4) is 11.3 Å². The molecule has 3 nitrogen and oxygen atoms in total. The highest BCUT2D eigenvalue weighted by molar-refractivity contribution is 7.90. The maximum absolute atomic E-state index is 14.2. The molecular formula is C18H20FNO2S. The molecule has 1 aliphatic rings. The Morgan fingerprint density at radius 3 is 2.52 bits per heavy atom. The van der Waals surface area contributed by atoms with Crippen LogP contribution in [0.5, 0.6) is 0 Å². The van der Waals surface area contributed by atoms with E-state index in [-0.39, 0.29) is 4.90 Å². The average Bonchev–Trinajstić information content (AvgIpc) is 2.54. The predicted molar refractivity (Wildman–Crippen MR) is 88.6 cm³/mol. The zero-order chi connectivity index (χ0) is 16.4. The topological polar surface area (TPSA) is 47.0 Å². The normalized spacial score (nSPS) is 16.4. The van der Waals surface area contributed by atoms with Crippen LogP contribution in [0.1, 0.15) is 43.6 Å². The Bertz CT molecular complexity index is 812. The monoisotopic (exact) mass is 333 g/mol. The van der Waals surface area contributed by atoms with Gasteiger partial charge in [0.2, 0.25) is 0 Å². The van der Waals surface area contributed by atoms with Crippen LogP contribution >= 0.6 is 0 Å². The number of halogens is 1. The quantitative estimate of drug-likeness (QED) is 0.839. The number of benzene rings is 1. The second-order valence-corrected chi connectivity index (χ2v) is 8.18.